The van der Waals surface area contributed by atoms with Gasteiger partial charge in [0, 0.05) is 17.9 Å². The molecule has 2 bridgehead atoms. The number of rotatable bonds is 2. The Morgan fingerprint density at radius 3 is 2.48 bits per heavy atom. The van der Waals surface area contributed by atoms with Crippen LogP contribution in [-0.2, 0) is 20.2 Å². The Labute approximate surface area is 267 Å². The summed E-state index contributed by atoms with van der Waals surface area (Å²) in [5, 5.41) is 2.82. The van der Waals surface area contributed by atoms with Crippen molar-refractivity contribution < 1.29 is 37.4 Å². The zero-order valence-corrected chi connectivity index (χ0v) is 27.3. The summed E-state index contributed by atoms with van der Waals surface area (Å²) < 4.78 is 50.4. The van der Waals surface area contributed by atoms with Gasteiger partial charge in [-0.1, -0.05) is 27.7 Å². The number of aromatic nitrogens is 2. The molecule has 1 aromatic carbocycles. The molecule has 46 heavy (non-hydrogen) atoms. The van der Waals surface area contributed by atoms with Crippen LogP contribution in [0.3, 0.4) is 0 Å². The van der Waals surface area contributed by atoms with Gasteiger partial charge < -0.3 is 24.4 Å². The lowest BCUT2D eigenvalue weighted by atomic mass is 9.85. The molecule has 1 N–H and O–H groups in total. The fourth-order valence-electron chi connectivity index (χ4n) is 7.72. The van der Waals surface area contributed by atoms with Gasteiger partial charge in [0.15, 0.2) is 11.5 Å². The number of ketones is 1. The molecule has 6 rings (SSSR count). The maximum absolute atomic E-state index is 16.4. The number of carbonyl (C=O) groups is 3. The number of methoxy groups -OCH3 is 1. The highest BCUT2D eigenvalue weighted by Gasteiger charge is 2.58. The summed E-state index contributed by atoms with van der Waals surface area (Å²) in [6, 6.07) is 2.95. The molecular formula is C34H44F2N4O6. The molecule has 2 aliphatic heterocycles. The average molecular weight is 643 g/mol. The highest BCUT2D eigenvalue weighted by Crippen LogP contribution is 2.58. The molecule has 10 nitrogen and oxygen atoms in total. The van der Waals surface area contributed by atoms with Crippen molar-refractivity contribution in [3.63, 3.8) is 0 Å². The van der Waals surface area contributed by atoms with Gasteiger partial charge in [0.25, 0.3) is 5.92 Å². The first-order chi connectivity index (χ1) is 21.7. The van der Waals surface area contributed by atoms with Crippen molar-refractivity contribution in [2.75, 3.05) is 13.7 Å². The number of Topliss-reactive ketones (excluding diaryl/α,β-unsaturated/α-hetero) is 1. The standard InChI is InChI=1S/C34H44F2N4O6/c1-17-26-16-40(27(17)18(2)41)31(42)29(33(3,4)5)39-32(43)46-25-9-7-8-19(25)10-11-20-14-22(20)34(35,36)28-30(45-26)38-24-15-21(44-6)12-13-23(24)37-28/h12-13,15,17,19-20,22,25-27,29H,7-11,14,16H2,1-6H3,(H,39,43)/t17-,19+,20?,22?,25-,26+,27+,29-/m1/s1. The first-order valence-electron chi connectivity index (χ1n) is 16.4. The minimum Gasteiger partial charge on any atom is -0.497 e. The van der Waals surface area contributed by atoms with Crippen molar-refractivity contribution in [1.29, 1.82) is 0 Å². The van der Waals surface area contributed by atoms with Crippen LogP contribution in [0, 0.1) is 29.1 Å². The molecule has 12 heteroatoms. The minimum atomic E-state index is -3.33. The molecule has 8 atom stereocenters. The molecule has 1 saturated heterocycles. The van der Waals surface area contributed by atoms with Crippen LogP contribution in [0.25, 0.3) is 11.0 Å². The molecule has 4 aliphatic rings. The van der Waals surface area contributed by atoms with Crippen LogP contribution in [-0.4, -0.2) is 70.6 Å². The van der Waals surface area contributed by atoms with E-state index < -0.39 is 59.1 Å². The van der Waals surface area contributed by atoms with Gasteiger partial charge in [-0.05, 0) is 74.8 Å². The lowest BCUT2D eigenvalue weighted by Gasteiger charge is -2.35. The summed E-state index contributed by atoms with van der Waals surface area (Å²) in [6.07, 6.45) is 2.12. The molecule has 250 valence electrons. The Bertz CT molecular complexity index is 1530. The predicted molar refractivity (Wildman–Crippen MR) is 165 cm³/mol. The van der Waals surface area contributed by atoms with Crippen LogP contribution >= 0.6 is 0 Å². The Hall–Kier alpha value is -3.57. The fourth-order valence-corrected chi connectivity index (χ4v) is 7.72. The molecule has 0 spiro atoms. The largest absolute Gasteiger partial charge is 0.497 e. The maximum atomic E-state index is 16.4. The van der Waals surface area contributed by atoms with Crippen molar-refractivity contribution >= 4 is 28.8 Å². The van der Waals surface area contributed by atoms with E-state index in [0.717, 1.165) is 12.8 Å². The van der Waals surface area contributed by atoms with E-state index in [1.165, 1.54) is 18.9 Å². The Kier molecular flexibility index (Phi) is 8.38. The third-order valence-corrected chi connectivity index (χ3v) is 10.4. The first kappa shape index (κ1) is 32.4. The molecule has 2 aliphatic carbocycles. The number of alkyl carbamates (subject to hydrolysis) is 1. The highest BCUT2D eigenvalue weighted by atomic mass is 19.3. The van der Waals surface area contributed by atoms with Crippen LogP contribution in [0.2, 0.25) is 0 Å². The van der Waals surface area contributed by atoms with E-state index in [0.29, 0.717) is 36.9 Å². The fraction of sp³-hybridized carbons (Fsp3) is 0.676. The smallest absolute Gasteiger partial charge is 0.408 e. The third kappa shape index (κ3) is 5.99. The number of carbonyl (C=O) groups excluding carboxylic acids is 3. The second-order valence-corrected chi connectivity index (χ2v) is 14.7. The number of hydrogen-bond donors (Lipinski definition) is 1. The summed E-state index contributed by atoms with van der Waals surface area (Å²) in [5.74, 6) is -5.54. The van der Waals surface area contributed by atoms with Crippen molar-refractivity contribution in [2.45, 2.75) is 103 Å². The molecule has 3 heterocycles. The maximum Gasteiger partial charge on any atom is 0.408 e. The van der Waals surface area contributed by atoms with Gasteiger partial charge in [0.05, 0.1) is 30.7 Å². The minimum absolute atomic E-state index is 0.0555. The molecule has 0 radical (unpaired) electrons. The van der Waals surface area contributed by atoms with Crippen LogP contribution in [0.15, 0.2) is 18.2 Å². The number of halogens is 2. The number of amides is 2. The zero-order valence-electron chi connectivity index (χ0n) is 27.3. The van der Waals surface area contributed by atoms with E-state index in [4.69, 9.17) is 14.2 Å². The second kappa shape index (κ2) is 11.9. The summed E-state index contributed by atoms with van der Waals surface area (Å²) in [7, 11) is 1.50. The van der Waals surface area contributed by atoms with E-state index in [-0.39, 0.29) is 41.7 Å². The number of ether oxygens (including phenoxy) is 3. The summed E-state index contributed by atoms with van der Waals surface area (Å²) in [6.45, 7) is 8.57. The molecular weight excluding hydrogens is 598 g/mol. The topological polar surface area (TPSA) is 120 Å². The number of nitrogens with zero attached hydrogens (tertiary/aromatic N) is 3. The number of nitrogens with one attached hydrogen (secondary N) is 1. The first-order valence-corrected chi connectivity index (χ1v) is 16.4. The molecule has 2 amide bonds. The lowest BCUT2D eigenvalue weighted by Crippen LogP contribution is -2.57. The Morgan fingerprint density at radius 2 is 1.78 bits per heavy atom. The van der Waals surface area contributed by atoms with Crippen molar-refractivity contribution in [3.05, 3.63) is 23.9 Å². The number of hydrogen-bond acceptors (Lipinski definition) is 8. The van der Waals surface area contributed by atoms with Crippen molar-refractivity contribution in [1.82, 2.24) is 20.2 Å². The van der Waals surface area contributed by atoms with Gasteiger partial charge in [-0.15, -0.1) is 0 Å². The van der Waals surface area contributed by atoms with E-state index in [1.54, 1.807) is 25.1 Å². The molecule has 2 unspecified atom stereocenters. The van der Waals surface area contributed by atoms with E-state index in [2.05, 4.69) is 15.3 Å². The predicted octanol–water partition coefficient (Wildman–Crippen LogP) is 5.65. The number of benzene rings is 1. The van der Waals surface area contributed by atoms with Crippen LogP contribution < -0.4 is 14.8 Å². The van der Waals surface area contributed by atoms with E-state index >= 15 is 8.78 Å². The normalized spacial score (nSPS) is 33.0. The zero-order chi connectivity index (χ0) is 33.1. The monoisotopic (exact) mass is 642 g/mol. The Morgan fingerprint density at radius 1 is 1.04 bits per heavy atom. The molecule has 2 aromatic rings. The van der Waals surface area contributed by atoms with Gasteiger partial charge in [-0.25, -0.2) is 14.8 Å². The highest BCUT2D eigenvalue weighted by molar-refractivity contribution is 5.92. The van der Waals surface area contributed by atoms with Gasteiger partial charge in [0.1, 0.15) is 24.0 Å². The lowest BCUT2D eigenvalue weighted by molar-refractivity contribution is -0.141. The van der Waals surface area contributed by atoms with Crippen molar-refractivity contribution in [3.8, 4) is 11.6 Å². The summed E-state index contributed by atoms with van der Waals surface area (Å²) in [4.78, 5) is 50.8. The third-order valence-electron chi connectivity index (χ3n) is 10.4. The SMILES string of the molecule is COc1ccc2nc3c(nc2c1)O[C@H]1CN(C(=O)[C@H](C(C)(C)C)NC(=O)O[C@@H]2CCC[C@H]2CCC2CC2C3(F)F)[C@H](C(C)=O)[C@@H]1C. The molecule has 2 saturated carbocycles. The Balaban J connectivity index is 1.43. The van der Waals surface area contributed by atoms with E-state index in [9.17, 15) is 14.4 Å². The second-order valence-electron chi connectivity index (χ2n) is 14.7. The van der Waals surface area contributed by atoms with Gasteiger partial charge in [-0.2, -0.15) is 8.78 Å². The number of alkyl halides is 2. The van der Waals surface area contributed by atoms with Gasteiger partial charge in [0.2, 0.25) is 11.8 Å². The summed E-state index contributed by atoms with van der Waals surface area (Å²) in [5.41, 5.74) is -0.645. The molecule has 3 fully saturated rings. The van der Waals surface area contributed by atoms with Gasteiger partial charge in [-0.3, -0.25) is 9.59 Å². The van der Waals surface area contributed by atoms with Crippen LogP contribution in [0.1, 0.15) is 78.8 Å². The molecule has 1 aromatic heterocycles. The van der Waals surface area contributed by atoms with Gasteiger partial charge >= 0.3 is 6.09 Å². The van der Waals surface area contributed by atoms with Crippen LogP contribution in [0.4, 0.5) is 13.6 Å². The van der Waals surface area contributed by atoms with E-state index in [1.807, 2.05) is 20.8 Å². The summed E-state index contributed by atoms with van der Waals surface area (Å²) >= 11 is 0. The quantitative estimate of drug-likeness (QED) is 0.446. The average Bonchev–Trinajstić information content (AvgIpc) is 3.55. The number of fused-ring (bicyclic) bond motifs is 6. The van der Waals surface area contributed by atoms with Crippen molar-refractivity contribution in [2.24, 2.45) is 29.1 Å². The van der Waals surface area contributed by atoms with Crippen LogP contribution in [0.5, 0.6) is 11.6 Å².